The lowest BCUT2D eigenvalue weighted by Crippen LogP contribution is -2.13. The van der Waals surface area contributed by atoms with Crippen LogP contribution in [0.5, 0.6) is 0 Å². The van der Waals surface area contributed by atoms with E-state index in [9.17, 15) is 0 Å². The molecule has 0 saturated carbocycles. The van der Waals surface area contributed by atoms with E-state index in [1.807, 2.05) is 5.51 Å². The van der Waals surface area contributed by atoms with Crippen molar-refractivity contribution in [2.24, 2.45) is 0 Å². The Labute approximate surface area is 131 Å². The highest BCUT2D eigenvalue weighted by Crippen LogP contribution is 2.13. The number of nitrogens with zero attached hydrogens (tertiary/aromatic N) is 1. The molecule has 0 bridgehead atoms. The van der Waals surface area contributed by atoms with Crippen LogP contribution in [0.25, 0.3) is 0 Å². The average Bonchev–Trinajstić information content (AvgIpc) is 2.90. The summed E-state index contributed by atoms with van der Waals surface area (Å²) in [5, 5.41) is 3.42. The van der Waals surface area contributed by atoms with Crippen molar-refractivity contribution in [3.63, 3.8) is 0 Å². The number of benzene rings is 1. The van der Waals surface area contributed by atoms with E-state index in [2.05, 4.69) is 48.4 Å². The molecular formula is C17H24N2OS. The van der Waals surface area contributed by atoms with Crippen LogP contribution >= 0.6 is 11.3 Å². The Kier molecular flexibility index (Phi) is 6.86. The summed E-state index contributed by atoms with van der Waals surface area (Å²) in [4.78, 5) is 5.58. The highest BCUT2D eigenvalue weighted by Gasteiger charge is 2.01. The molecule has 0 fully saturated rings. The molecule has 1 aromatic carbocycles. The molecule has 0 spiro atoms. The zero-order chi connectivity index (χ0) is 14.9. The van der Waals surface area contributed by atoms with E-state index in [-0.39, 0.29) is 0 Å². The summed E-state index contributed by atoms with van der Waals surface area (Å²) in [6.07, 6.45) is 2.12. The van der Waals surface area contributed by atoms with Crippen LogP contribution in [0.2, 0.25) is 0 Å². The minimum absolute atomic E-state index is 0.680. The van der Waals surface area contributed by atoms with Gasteiger partial charge in [-0.1, -0.05) is 31.2 Å². The zero-order valence-corrected chi connectivity index (χ0v) is 13.7. The first-order valence-electron chi connectivity index (χ1n) is 7.55. The lowest BCUT2D eigenvalue weighted by atomic mass is 10.1. The maximum atomic E-state index is 5.79. The van der Waals surface area contributed by atoms with Crippen LogP contribution in [0.1, 0.15) is 35.0 Å². The van der Waals surface area contributed by atoms with E-state index < -0.39 is 0 Å². The van der Waals surface area contributed by atoms with Gasteiger partial charge < -0.3 is 10.1 Å². The predicted octanol–water partition coefficient (Wildman–Crippen LogP) is 3.71. The highest BCUT2D eigenvalue weighted by atomic mass is 32.1. The molecule has 0 saturated heterocycles. The summed E-state index contributed by atoms with van der Waals surface area (Å²) in [5.74, 6) is 0. The van der Waals surface area contributed by atoms with Crippen molar-refractivity contribution >= 4 is 11.3 Å². The minimum Gasteiger partial charge on any atom is -0.376 e. The molecule has 0 amide bonds. The van der Waals surface area contributed by atoms with Gasteiger partial charge in [0.15, 0.2) is 0 Å². The Morgan fingerprint density at radius 2 is 2.14 bits per heavy atom. The summed E-state index contributed by atoms with van der Waals surface area (Å²) in [6, 6.07) is 8.61. The van der Waals surface area contributed by atoms with Crippen molar-refractivity contribution < 1.29 is 4.74 Å². The number of hydrogen-bond acceptors (Lipinski definition) is 4. The number of aromatic nitrogens is 1. The molecular weight excluding hydrogens is 280 g/mol. The Morgan fingerprint density at radius 1 is 1.29 bits per heavy atom. The monoisotopic (exact) mass is 304 g/mol. The third kappa shape index (κ3) is 5.58. The van der Waals surface area contributed by atoms with Crippen molar-refractivity contribution in [2.75, 3.05) is 13.2 Å². The fourth-order valence-electron chi connectivity index (χ4n) is 2.16. The van der Waals surface area contributed by atoms with E-state index >= 15 is 0 Å². The Balaban J connectivity index is 1.72. The van der Waals surface area contributed by atoms with Gasteiger partial charge in [0.2, 0.25) is 0 Å². The van der Waals surface area contributed by atoms with Gasteiger partial charge in [0.25, 0.3) is 0 Å². The van der Waals surface area contributed by atoms with Gasteiger partial charge in [-0.2, -0.15) is 0 Å². The minimum atomic E-state index is 0.680. The molecule has 0 aliphatic carbocycles. The van der Waals surface area contributed by atoms with Crippen molar-refractivity contribution in [1.82, 2.24) is 10.3 Å². The summed E-state index contributed by atoms with van der Waals surface area (Å²) in [6.45, 7) is 7.66. The van der Waals surface area contributed by atoms with Gasteiger partial charge >= 0.3 is 0 Å². The summed E-state index contributed by atoms with van der Waals surface area (Å²) in [7, 11) is 0. The first-order valence-corrected chi connectivity index (χ1v) is 8.42. The fourth-order valence-corrected chi connectivity index (χ4v) is 2.92. The summed E-state index contributed by atoms with van der Waals surface area (Å²) in [5.41, 5.74) is 5.60. The van der Waals surface area contributed by atoms with Crippen LogP contribution in [0, 0.1) is 6.92 Å². The molecule has 21 heavy (non-hydrogen) atoms. The molecule has 0 atom stereocenters. The quantitative estimate of drug-likeness (QED) is 0.717. The largest absolute Gasteiger partial charge is 0.376 e. The van der Waals surface area contributed by atoms with E-state index in [1.165, 1.54) is 22.4 Å². The van der Waals surface area contributed by atoms with Gasteiger partial charge in [0.1, 0.15) is 0 Å². The first kappa shape index (κ1) is 16.1. The van der Waals surface area contributed by atoms with Crippen LogP contribution in [-0.4, -0.2) is 18.1 Å². The number of ether oxygens (including phenoxy) is 1. The summed E-state index contributed by atoms with van der Waals surface area (Å²) < 4.78 is 5.79. The normalized spacial score (nSPS) is 11.0. The van der Waals surface area contributed by atoms with E-state index in [1.54, 1.807) is 11.3 Å². The smallest absolute Gasteiger partial charge is 0.0797 e. The number of nitrogens with one attached hydrogen (secondary N) is 1. The lowest BCUT2D eigenvalue weighted by molar-refractivity contribution is 0.124. The van der Waals surface area contributed by atoms with Crippen molar-refractivity contribution in [2.45, 2.75) is 39.8 Å². The zero-order valence-electron chi connectivity index (χ0n) is 12.9. The Morgan fingerprint density at radius 3 is 2.90 bits per heavy atom. The van der Waals surface area contributed by atoms with Crippen LogP contribution in [-0.2, 0) is 24.3 Å². The molecule has 0 aliphatic heterocycles. The molecule has 0 aliphatic rings. The third-order valence-corrected chi connectivity index (χ3v) is 4.33. The van der Waals surface area contributed by atoms with Crippen LogP contribution < -0.4 is 5.32 Å². The van der Waals surface area contributed by atoms with Gasteiger partial charge in [-0.15, -0.1) is 11.3 Å². The molecule has 0 radical (unpaired) electrons. The van der Waals surface area contributed by atoms with Crippen molar-refractivity contribution in [1.29, 1.82) is 0 Å². The molecule has 2 rings (SSSR count). The topological polar surface area (TPSA) is 34.1 Å². The van der Waals surface area contributed by atoms with Crippen LogP contribution in [0.4, 0.5) is 0 Å². The molecule has 1 N–H and O–H groups in total. The lowest BCUT2D eigenvalue weighted by Gasteiger charge is -2.07. The van der Waals surface area contributed by atoms with Gasteiger partial charge in [-0.05, 0) is 31.0 Å². The third-order valence-electron chi connectivity index (χ3n) is 3.33. The van der Waals surface area contributed by atoms with Crippen molar-refractivity contribution in [3.05, 3.63) is 51.5 Å². The molecule has 0 unspecified atom stereocenters. The molecule has 3 nitrogen and oxygen atoms in total. The van der Waals surface area contributed by atoms with E-state index in [4.69, 9.17) is 4.74 Å². The second kappa shape index (κ2) is 8.93. The molecule has 1 heterocycles. The van der Waals surface area contributed by atoms with Crippen LogP contribution in [0.3, 0.4) is 0 Å². The molecule has 114 valence electrons. The van der Waals surface area contributed by atoms with Crippen molar-refractivity contribution in [3.8, 4) is 0 Å². The Bertz CT molecular complexity index is 539. The number of rotatable bonds is 9. The van der Waals surface area contributed by atoms with Gasteiger partial charge in [0, 0.05) is 17.8 Å². The second-order valence-electron chi connectivity index (χ2n) is 5.16. The highest BCUT2D eigenvalue weighted by molar-refractivity contribution is 7.09. The average molecular weight is 304 g/mol. The van der Waals surface area contributed by atoms with E-state index in [0.29, 0.717) is 6.61 Å². The SMILES string of the molecule is CCCNCc1cccc(COCCc2scnc2C)c1. The number of thiazole rings is 1. The van der Waals surface area contributed by atoms with Gasteiger partial charge in [0.05, 0.1) is 24.4 Å². The predicted molar refractivity (Wildman–Crippen MR) is 88.7 cm³/mol. The van der Waals surface area contributed by atoms with Crippen LogP contribution in [0.15, 0.2) is 29.8 Å². The first-order chi connectivity index (χ1) is 10.3. The molecule has 2 aromatic rings. The number of hydrogen-bond donors (Lipinski definition) is 1. The molecule has 4 heteroatoms. The number of aryl methyl sites for hydroxylation is 1. The van der Waals surface area contributed by atoms with E-state index in [0.717, 1.165) is 31.8 Å². The van der Waals surface area contributed by atoms with Gasteiger partial charge in [-0.25, -0.2) is 4.98 Å². The Hall–Kier alpha value is -1.23. The summed E-state index contributed by atoms with van der Waals surface area (Å²) >= 11 is 1.71. The fraction of sp³-hybridized carbons (Fsp3) is 0.471. The maximum absolute atomic E-state index is 5.79. The maximum Gasteiger partial charge on any atom is 0.0797 e. The van der Waals surface area contributed by atoms with Gasteiger partial charge in [-0.3, -0.25) is 0 Å². The standard InChI is InChI=1S/C17H24N2OS/c1-3-8-18-11-15-5-4-6-16(10-15)12-20-9-7-17-14(2)19-13-21-17/h4-6,10,13,18H,3,7-9,11-12H2,1-2H3. The molecule has 1 aromatic heterocycles. The second-order valence-corrected chi connectivity index (χ2v) is 6.10.